The van der Waals surface area contributed by atoms with E-state index in [0.717, 1.165) is 30.7 Å². The summed E-state index contributed by atoms with van der Waals surface area (Å²) in [4.78, 5) is 13.7. The number of carbonyl (C=O) groups is 1. The van der Waals surface area contributed by atoms with Gasteiger partial charge < -0.3 is 10.2 Å². The van der Waals surface area contributed by atoms with E-state index in [4.69, 9.17) is 0 Å². The van der Waals surface area contributed by atoms with Gasteiger partial charge in [-0.3, -0.25) is 4.79 Å². The molecule has 0 aliphatic carbocycles. The van der Waals surface area contributed by atoms with Gasteiger partial charge in [-0.15, -0.1) is 10.2 Å². The second-order valence-electron chi connectivity index (χ2n) is 5.78. The molecule has 0 spiro atoms. The summed E-state index contributed by atoms with van der Waals surface area (Å²) in [6.07, 6.45) is 3.69. The van der Waals surface area contributed by atoms with Crippen LogP contribution in [0, 0.1) is 11.8 Å². The van der Waals surface area contributed by atoms with E-state index in [0.29, 0.717) is 5.69 Å². The molecule has 5 nitrogen and oxygen atoms in total. The number of anilines is 1. The first-order valence-electron chi connectivity index (χ1n) is 7.42. The van der Waals surface area contributed by atoms with Crippen molar-refractivity contribution in [3.05, 3.63) is 17.8 Å². The van der Waals surface area contributed by atoms with E-state index in [9.17, 15) is 4.79 Å². The SMILES string of the molecule is CNC(=O)c1ccc(N2CCCC(C(C)C)CC2)nn1. The molecule has 0 bridgehead atoms. The highest BCUT2D eigenvalue weighted by Gasteiger charge is 2.20. The Morgan fingerprint density at radius 3 is 2.70 bits per heavy atom. The lowest BCUT2D eigenvalue weighted by molar-refractivity contribution is 0.0957. The Bertz CT molecular complexity index is 444. The third-order valence-corrected chi connectivity index (χ3v) is 4.15. The predicted molar refractivity (Wildman–Crippen MR) is 79.8 cm³/mol. The number of hydrogen-bond donors (Lipinski definition) is 1. The molecule has 1 fully saturated rings. The van der Waals surface area contributed by atoms with Crippen LogP contribution in [0.15, 0.2) is 12.1 Å². The molecule has 1 aliphatic rings. The first-order valence-corrected chi connectivity index (χ1v) is 7.42. The Kier molecular flexibility index (Phi) is 4.93. The molecule has 0 saturated carbocycles. The third-order valence-electron chi connectivity index (χ3n) is 4.15. The van der Waals surface area contributed by atoms with Crippen molar-refractivity contribution in [2.24, 2.45) is 11.8 Å². The molecule has 20 heavy (non-hydrogen) atoms. The van der Waals surface area contributed by atoms with Crippen LogP contribution in [0.25, 0.3) is 0 Å². The normalized spacial score (nSPS) is 19.8. The van der Waals surface area contributed by atoms with Gasteiger partial charge in [-0.05, 0) is 43.2 Å². The lowest BCUT2D eigenvalue weighted by Crippen LogP contribution is -2.26. The molecule has 1 saturated heterocycles. The van der Waals surface area contributed by atoms with Crippen LogP contribution >= 0.6 is 0 Å². The van der Waals surface area contributed by atoms with Gasteiger partial charge >= 0.3 is 0 Å². The second-order valence-corrected chi connectivity index (χ2v) is 5.78. The Hall–Kier alpha value is -1.65. The summed E-state index contributed by atoms with van der Waals surface area (Å²) in [6, 6.07) is 3.64. The molecular formula is C15H24N4O. The lowest BCUT2D eigenvalue weighted by Gasteiger charge is -2.22. The summed E-state index contributed by atoms with van der Waals surface area (Å²) >= 11 is 0. The van der Waals surface area contributed by atoms with Crippen molar-refractivity contribution in [1.29, 1.82) is 0 Å². The summed E-state index contributed by atoms with van der Waals surface area (Å²) < 4.78 is 0. The van der Waals surface area contributed by atoms with Crippen LogP contribution < -0.4 is 10.2 Å². The smallest absolute Gasteiger partial charge is 0.271 e. The maximum Gasteiger partial charge on any atom is 0.271 e. The molecule has 0 aromatic carbocycles. The first kappa shape index (κ1) is 14.8. The van der Waals surface area contributed by atoms with E-state index in [1.165, 1.54) is 19.3 Å². The number of nitrogens with zero attached hydrogens (tertiary/aromatic N) is 3. The minimum atomic E-state index is -0.195. The van der Waals surface area contributed by atoms with Crippen molar-refractivity contribution in [3.63, 3.8) is 0 Å². The zero-order valence-electron chi connectivity index (χ0n) is 12.6. The van der Waals surface area contributed by atoms with E-state index in [1.807, 2.05) is 6.07 Å². The van der Waals surface area contributed by atoms with Crippen LogP contribution in [-0.4, -0.2) is 36.2 Å². The minimum Gasteiger partial charge on any atom is -0.355 e. The Labute approximate surface area is 120 Å². The molecule has 5 heteroatoms. The summed E-state index contributed by atoms with van der Waals surface area (Å²) in [5.74, 6) is 2.23. The van der Waals surface area contributed by atoms with Gasteiger partial charge in [-0.25, -0.2) is 0 Å². The van der Waals surface area contributed by atoms with Gasteiger partial charge in [0.05, 0.1) is 0 Å². The molecule has 1 aromatic rings. The van der Waals surface area contributed by atoms with Crippen LogP contribution in [0.4, 0.5) is 5.82 Å². The summed E-state index contributed by atoms with van der Waals surface area (Å²) in [6.45, 7) is 6.66. The van der Waals surface area contributed by atoms with Crippen molar-refractivity contribution in [2.45, 2.75) is 33.1 Å². The van der Waals surface area contributed by atoms with Crippen molar-refractivity contribution in [3.8, 4) is 0 Å². The monoisotopic (exact) mass is 276 g/mol. The molecule has 110 valence electrons. The quantitative estimate of drug-likeness (QED) is 0.918. The number of rotatable bonds is 3. The van der Waals surface area contributed by atoms with Gasteiger partial charge in [0.2, 0.25) is 0 Å². The van der Waals surface area contributed by atoms with Crippen LogP contribution in [0.3, 0.4) is 0 Å². The predicted octanol–water partition coefficient (Wildman–Crippen LogP) is 2.10. The molecule has 1 aliphatic heterocycles. The zero-order valence-corrected chi connectivity index (χ0v) is 12.6. The van der Waals surface area contributed by atoms with Crippen LogP contribution in [0.2, 0.25) is 0 Å². The highest BCUT2D eigenvalue weighted by atomic mass is 16.1. The molecule has 0 radical (unpaired) electrons. The number of carbonyl (C=O) groups excluding carboxylic acids is 1. The Morgan fingerprint density at radius 1 is 1.30 bits per heavy atom. The fourth-order valence-electron chi connectivity index (χ4n) is 2.76. The van der Waals surface area contributed by atoms with Crippen LogP contribution in [-0.2, 0) is 0 Å². The van der Waals surface area contributed by atoms with E-state index >= 15 is 0 Å². The molecule has 1 aromatic heterocycles. The highest BCUT2D eigenvalue weighted by Crippen LogP contribution is 2.26. The Balaban J connectivity index is 2.02. The van der Waals surface area contributed by atoms with Crippen molar-refractivity contribution >= 4 is 11.7 Å². The summed E-state index contributed by atoms with van der Waals surface area (Å²) in [5.41, 5.74) is 0.367. The zero-order chi connectivity index (χ0) is 14.5. The number of hydrogen-bond acceptors (Lipinski definition) is 4. The van der Waals surface area contributed by atoms with Crippen LogP contribution in [0.1, 0.15) is 43.6 Å². The number of amides is 1. The van der Waals surface area contributed by atoms with Crippen molar-refractivity contribution in [2.75, 3.05) is 25.0 Å². The van der Waals surface area contributed by atoms with Gasteiger partial charge in [0.25, 0.3) is 5.91 Å². The van der Waals surface area contributed by atoms with E-state index in [2.05, 4.69) is 34.3 Å². The standard InChI is InChI=1S/C15H24N4O/c1-11(2)12-5-4-9-19(10-8-12)14-7-6-13(17-18-14)15(20)16-3/h6-7,11-12H,4-5,8-10H2,1-3H3,(H,16,20). The fraction of sp³-hybridized carbons (Fsp3) is 0.667. The van der Waals surface area contributed by atoms with E-state index < -0.39 is 0 Å². The molecule has 2 rings (SSSR count). The maximum atomic E-state index is 11.4. The number of nitrogens with one attached hydrogen (secondary N) is 1. The molecule has 2 heterocycles. The van der Waals surface area contributed by atoms with E-state index in [1.54, 1.807) is 13.1 Å². The van der Waals surface area contributed by atoms with E-state index in [-0.39, 0.29) is 5.91 Å². The third kappa shape index (κ3) is 3.46. The second kappa shape index (κ2) is 6.68. The first-order chi connectivity index (χ1) is 9.61. The molecule has 1 unspecified atom stereocenters. The van der Waals surface area contributed by atoms with Gasteiger partial charge in [0.15, 0.2) is 11.5 Å². The molecule has 1 amide bonds. The maximum absolute atomic E-state index is 11.4. The topological polar surface area (TPSA) is 58.1 Å². The lowest BCUT2D eigenvalue weighted by atomic mass is 9.89. The van der Waals surface area contributed by atoms with Gasteiger partial charge in [0, 0.05) is 20.1 Å². The van der Waals surface area contributed by atoms with Crippen molar-refractivity contribution in [1.82, 2.24) is 15.5 Å². The average molecular weight is 276 g/mol. The fourth-order valence-corrected chi connectivity index (χ4v) is 2.76. The molecular weight excluding hydrogens is 252 g/mol. The summed E-state index contributed by atoms with van der Waals surface area (Å²) in [7, 11) is 1.60. The summed E-state index contributed by atoms with van der Waals surface area (Å²) in [5, 5.41) is 10.8. The number of aromatic nitrogens is 2. The van der Waals surface area contributed by atoms with Gasteiger partial charge in [-0.2, -0.15) is 0 Å². The largest absolute Gasteiger partial charge is 0.355 e. The van der Waals surface area contributed by atoms with Crippen molar-refractivity contribution < 1.29 is 4.79 Å². The molecule has 1 atom stereocenters. The van der Waals surface area contributed by atoms with Gasteiger partial charge in [-0.1, -0.05) is 13.8 Å². The molecule has 1 N–H and O–H groups in total. The highest BCUT2D eigenvalue weighted by molar-refractivity contribution is 5.91. The van der Waals surface area contributed by atoms with Gasteiger partial charge in [0.1, 0.15) is 0 Å². The average Bonchev–Trinajstić information content (AvgIpc) is 2.72. The Morgan fingerprint density at radius 2 is 2.10 bits per heavy atom. The van der Waals surface area contributed by atoms with Crippen LogP contribution in [0.5, 0.6) is 0 Å². The minimum absolute atomic E-state index is 0.195.